The van der Waals surface area contributed by atoms with Crippen LogP contribution in [0.3, 0.4) is 0 Å². The molecule has 0 atom stereocenters. The first-order chi connectivity index (χ1) is 14.4. The van der Waals surface area contributed by atoms with Crippen molar-refractivity contribution in [1.82, 2.24) is 0 Å². The Bertz CT molecular complexity index is 1210. The predicted molar refractivity (Wildman–Crippen MR) is 117 cm³/mol. The molecule has 1 aliphatic rings. The first-order valence-corrected chi connectivity index (χ1v) is 9.46. The summed E-state index contributed by atoms with van der Waals surface area (Å²) in [4.78, 5) is 30.4. The standard InChI is InChI=1S/C24H19N3O3/c1-16-10-12-20(13-11-16)26-23(19-8-5-6-17(2)14-19)25-21(24(26)28)15-18-7-3-4-9-22(18)27(29)30/h3-15H,1-2H3/b21-15+. The molecule has 0 saturated carbocycles. The van der Waals surface area contributed by atoms with Crippen molar-refractivity contribution in [2.75, 3.05) is 4.90 Å². The van der Waals surface area contributed by atoms with Gasteiger partial charge in [0.05, 0.1) is 16.2 Å². The first-order valence-electron chi connectivity index (χ1n) is 9.46. The highest BCUT2D eigenvalue weighted by Crippen LogP contribution is 2.30. The van der Waals surface area contributed by atoms with Gasteiger partial charge in [-0.25, -0.2) is 4.99 Å². The van der Waals surface area contributed by atoms with E-state index < -0.39 is 4.92 Å². The van der Waals surface area contributed by atoms with E-state index in [2.05, 4.69) is 4.99 Å². The Morgan fingerprint density at radius 1 is 0.933 bits per heavy atom. The number of aryl methyl sites for hydroxylation is 2. The lowest BCUT2D eigenvalue weighted by Gasteiger charge is -2.19. The quantitative estimate of drug-likeness (QED) is 0.351. The number of carbonyl (C=O) groups is 1. The first kappa shape index (κ1) is 19.3. The molecule has 0 N–H and O–H groups in total. The monoisotopic (exact) mass is 397 g/mol. The molecule has 0 saturated heterocycles. The zero-order chi connectivity index (χ0) is 21.3. The number of aliphatic imine (C=N–C) groups is 1. The van der Waals surface area contributed by atoms with Crippen molar-refractivity contribution in [2.24, 2.45) is 4.99 Å². The number of amidine groups is 1. The zero-order valence-corrected chi connectivity index (χ0v) is 16.6. The molecule has 3 aromatic rings. The third kappa shape index (κ3) is 3.63. The summed E-state index contributed by atoms with van der Waals surface area (Å²) in [6.07, 6.45) is 1.48. The average Bonchev–Trinajstić information content (AvgIpc) is 3.05. The number of amides is 1. The van der Waals surface area contributed by atoms with Crippen molar-refractivity contribution in [3.63, 3.8) is 0 Å². The molecule has 6 nitrogen and oxygen atoms in total. The molecule has 0 fully saturated rings. The van der Waals surface area contributed by atoms with Gasteiger partial charge in [0.2, 0.25) is 0 Å². The number of nitro groups is 1. The molecule has 1 aliphatic heterocycles. The van der Waals surface area contributed by atoms with E-state index in [9.17, 15) is 14.9 Å². The fourth-order valence-electron chi connectivity index (χ4n) is 3.35. The van der Waals surface area contributed by atoms with Crippen LogP contribution in [0.15, 0.2) is 83.5 Å². The maximum Gasteiger partial charge on any atom is 0.282 e. The highest BCUT2D eigenvalue weighted by atomic mass is 16.6. The van der Waals surface area contributed by atoms with Crippen molar-refractivity contribution < 1.29 is 9.72 Å². The van der Waals surface area contributed by atoms with Crippen LogP contribution in [0.1, 0.15) is 22.3 Å². The van der Waals surface area contributed by atoms with Crippen molar-refractivity contribution >= 4 is 29.2 Å². The Kier molecular flexibility index (Phi) is 4.98. The summed E-state index contributed by atoms with van der Waals surface area (Å²) < 4.78 is 0. The molecule has 30 heavy (non-hydrogen) atoms. The summed E-state index contributed by atoms with van der Waals surface area (Å²) >= 11 is 0. The Balaban J connectivity index is 1.86. The van der Waals surface area contributed by atoms with Gasteiger partial charge in [-0.2, -0.15) is 0 Å². The summed E-state index contributed by atoms with van der Waals surface area (Å²) in [5, 5.41) is 11.4. The number of anilines is 1. The van der Waals surface area contributed by atoms with Gasteiger partial charge in [0.1, 0.15) is 11.5 Å². The Hall–Kier alpha value is -4.06. The number of rotatable bonds is 4. The van der Waals surface area contributed by atoms with Crippen LogP contribution in [0.5, 0.6) is 0 Å². The Labute approximate surface area is 174 Å². The predicted octanol–water partition coefficient (Wildman–Crippen LogP) is 5.05. The molecular formula is C24H19N3O3. The number of hydrogen-bond donors (Lipinski definition) is 0. The molecule has 0 radical (unpaired) electrons. The highest BCUT2D eigenvalue weighted by Gasteiger charge is 2.33. The van der Waals surface area contributed by atoms with Crippen LogP contribution in [-0.2, 0) is 4.79 Å². The molecule has 0 bridgehead atoms. The average molecular weight is 397 g/mol. The second kappa shape index (κ2) is 7.75. The van der Waals surface area contributed by atoms with Gasteiger partial charge in [-0.15, -0.1) is 0 Å². The van der Waals surface area contributed by atoms with Gasteiger partial charge in [-0.3, -0.25) is 19.8 Å². The fraction of sp³-hybridized carbons (Fsp3) is 0.0833. The van der Waals surface area contributed by atoms with E-state index in [1.165, 1.54) is 12.1 Å². The van der Waals surface area contributed by atoms with Gasteiger partial charge >= 0.3 is 0 Å². The molecule has 6 heteroatoms. The van der Waals surface area contributed by atoms with Gasteiger partial charge in [0, 0.05) is 11.6 Å². The van der Waals surface area contributed by atoms with Crippen LogP contribution in [0, 0.1) is 24.0 Å². The summed E-state index contributed by atoms with van der Waals surface area (Å²) in [5.74, 6) is 0.172. The number of carbonyl (C=O) groups excluding carboxylic acids is 1. The number of nitrogens with zero attached hydrogens (tertiary/aromatic N) is 3. The van der Waals surface area contributed by atoms with Crippen molar-refractivity contribution in [3.8, 4) is 0 Å². The van der Waals surface area contributed by atoms with Crippen molar-refractivity contribution in [2.45, 2.75) is 13.8 Å². The van der Waals surface area contributed by atoms with Crippen LogP contribution in [0.4, 0.5) is 11.4 Å². The third-order valence-corrected chi connectivity index (χ3v) is 4.85. The van der Waals surface area contributed by atoms with E-state index >= 15 is 0 Å². The second-order valence-corrected chi connectivity index (χ2v) is 7.13. The van der Waals surface area contributed by atoms with E-state index in [4.69, 9.17) is 0 Å². The van der Waals surface area contributed by atoms with E-state index in [1.54, 1.807) is 23.1 Å². The van der Waals surface area contributed by atoms with Crippen LogP contribution in [-0.4, -0.2) is 16.7 Å². The number of nitro benzene ring substituents is 1. The van der Waals surface area contributed by atoms with Crippen LogP contribution in [0.25, 0.3) is 6.08 Å². The lowest BCUT2D eigenvalue weighted by molar-refractivity contribution is -0.385. The maximum absolute atomic E-state index is 13.3. The van der Waals surface area contributed by atoms with Gasteiger partial charge < -0.3 is 0 Å². The summed E-state index contributed by atoms with van der Waals surface area (Å²) in [6, 6.07) is 21.6. The molecule has 0 unspecified atom stereocenters. The van der Waals surface area contributed by atoms with E-state index in [1.807, 2.05) is 62.4 Å². The minimum atomic E-state index is -0.464. The fourth-order valence-corrected chi connectivity index (χ4v) is 3.35. The zero-order valence-electron chi connectivity index (χ0n) is 16.6. The van der Waals surface area contributed by atoms with Gasteiger partial charge in [0.15, 0.2) is 0 Å². The van der Waals surface area contributed by atoms with E-state index in [0.717, 1.165) is 16.7 Å². The molecule has 1 heterocycles. The minimum Gasteiger partial charge on any atom is -0.266 e. The lowest BCUT2D eigenvalue weighted by atomic mass is 10.1. The molecular weight excluding hydrogens is 378 g/mol. The summed E-state index contributed by atoms with van der Waals surface area (Å²) in [7, 11) is 0. The molecule has 0 spiro atoms. The third-order valence-electron chi connectivity index (χ3n) is 4.85. The second-order valence-electron chi connectivity index (χ2n) is 7.13. The van der Waals surface area contributed by atoms with E-state index in [0.29, 0.717) is 17.1 Å². The lowest BCUT2D eigenvalue weighted by Crippen LogP contribution is -2.32. The minimum absolute atomic E-state index is 0.0705. The Morgan fingerprint density at radius 3 is 2.37 bits per heavy atom. The highest BCUT2D eigenvalue weighted by molar-refractivity contribution is 6.33. The van der Waals surface area contributed by atoms with Gasteiger partial charge in [-0.1, -0.05) is 53.6 Å². The number of hydrogen-bond acceptors (Lipinski definition) is 4. The van der Waals surface area contributed by atoms with Crippen LogP contribution >= 0.6 is 0 Å². The normalized spacial score (nSPS) is 14.9. The topological polar surface area (TPSA) is 75.8 Å². The smallest absolute Gasteiger partial charge is 0.266 e. The van der Waals surface area contributed by atoms with E-state index in [-0.39, 0.29) is 17.3 Å². The number of para-hydroxylation sites is 1. The molecule has 148 valence electrons. The number of benzene rings is 3. The van der Waals surface area contributed by atoms with Crippen molar-refractivity contribution in [3.05, 3.63) is 111 Å². The van der Waals surface area contributed by atoms with Gasteiger partial charge in [0.25, 0.3) is 11.6 Å². The summed E-state index contributed by atoms with van der Waals surface area (Å²) in [6.45, 7) is 3.95. The van der Waals surface area contributed by atoms with Crippen LogP contribution in [0.2, 0.25) is 0 Å². The SMILES string of the molecule is Cc1ccc(N2C(=O)/C(=C\c3ccccc3[N+](=O)[O-])N=C2c2cccc(C)c2)cc1. The summed E-state index contributed by atoms with van der Waals surface area (Å²) in [5.41, 5.74) is 4.04. The van der Waals surface area contributed by atoms with Crippen LogP contribution < -0.4 is 4.90 Å². The molecule has 1 amide bonds. The largest absolute Gasteiger partial charge is 0.282 e. The molecule has 4 rings (SSSR count). The maximum atomic E-state index is 13.3. The van der Waals surface area contributed by atoms with Gasteiger partial charge in [-0.05, 0) is 44.2 Å². The molecule has 0 aliphatic carbocycles. The molecule has 0 aromatic heterocycles. The Morgan fingerprint density at radius 2 is 1.67 bits per heavy atom. The molecule has 3 aromatic carbocycles. The van der Waals surface area contributed by atoms with Crippen molar-refractivity contribution in [1.29, 1.82) is 0 Å².